The molecule has 4 nitrogen and oxygen atoms in total. The minimum absolute atomic E-state index is 0.420. The standard InChI is InChI=1S/C16H22N4/c1-20-15(11-17)18-16(19-20)14-9-7-13(8-10-14)12-5-3-2-4-6-12/h7-10,12H,2-6,11,17H2,1H3. The zero-order valence-electron chi connectivity index (χ0n) is 12.0. The van der Waals surface area contributed by atoms with Gasteiger partial charge in [0.25, 0.3) is 0 Å². The Kier molecular flexibility index (Phi) is 3.83. The summed E-state index contributed by atoms with van der Waals surface area (Å²) < 4.78 is 1.75. The van der Waals surface area contributed by atoms with Crippen molar-refractivity contribution in [2.45, 2.75) is 44.6 Å². The van der Waals surface area contributed by atoms with Crippen LogP contribution in [0, 0.1) is 0 Å². The molecule has 0 saturated heterocycles. The van der Waals surface area contributed by atoms with Gasteiger partial charge in [0.1, 0.15) is 5.82 Å². The summed E-state index contributed by atoms with van der Waals surface area (Å²) in [5.74, 6) is 2.33. The van der Waals surface area contributed by atoms with E-state index < -0.39 is 0 Å². The first-order valence-corrected chi connectivity index (χ1v) is 7.48. The van der Waals surface area contributed by atoms with Gasteiger partial charge in [-0.3, -0.25) is 4.68 Å². The van der Waals surface area contributed by atoms with Crippen LogP contribution in [0.15, 0.2) is 24.3 Å². The fraction of sp³-hybridized carbons (Fsp3) is 0.500. The summed E-state index contributed by atoms with van der Waals surface area (Å²) in [6.07, 6.45) is 6.80. The van der Waals surface area contributed by atoms with E-state index in [-0.39, 0.29) is 0 Å². The highest BCUT2D eigenvalue weighted by Crippen LogP contribution is 2.33. The Bertz CT molecular complexity index is 565. The van der Waals surface area contributed by atoms with Crippen molar-refractivity contribution in [2.24, 2.45) is 12.8 Å². The Hall–Kier alpha value is -1.68. The van der Waals surface area contributed by atoms with E-state index in [2.05, 4.69) is 34.3 Å². The van der Waals surface area contributed by atoms with Crippen LogP contribution in [-0.4, -0.2) is 14.8 Å². The van der Waals surface area contributed by atoms with Gasteiger partial charge in [-0.25, -0.2) is 4.98 Å². The van der Waals surface area contributed by atoms with Crippen LogP contribution in [0.25, 0.3) is 11.4 Å². The maximum Gasteiger partial charge on any atom is 0.181 e. The maximum absolute atomic E-state index is 5.64. The van der Waals surface area contributed by atoms with Crippen LogP contribution < -0.4 is 5.73 Å². The summed E-state index contributed by atoms with van der Waals surface area (Å²) in [5.41, 5.74) is 8.17. The highest BCUT2D eigenvalue weighted by molar-refractivity contribution is 5.55. The third-order valence-electron chi connectivity index (χ3n) is 4.28. The fourth-order valence-corrected chi connectivity index (χ4v) is 3.06. The van der Waals surface area contributed by atoms with E-state index in [9.17, 15) is 0 Å². The van der Waals surface area contributed by atoms with Crippen molar-refractivity contribution in [3.05, 3.63) is 35.7 Å². The molecule has 0 amide bonds. The average molecular weight is 270 g/mol. The molecule has 1 fully saturated rings. The summed E-state index contributed by atoms with van der Waals surface area (Å²) in [7, 11) is 1.88. The van der Waals surface area contributed by atoms with Crippen LogP contribution in [0.3, 0.4) is 0 Å². The number of hydrogen-bond acceptors (Lipinski definition) is 3. The van der Waals surface area contributed by atoms with Gasteiger partial charge in [-0.05, 0) is 24.3 Å². The Morgan fingerprint density at radius 1 is 1.15 bits per heavy atom. The largest absolute Gasteiger partial charge is 0.324 e. The number of nitrogens with zero attached hydrogens (tertiary/aromatic N) is 3. The van der Waals surface area contributed by atoms with Gasteiger partial charge in [0, 0.05) is 12.6 Å². The van der Waals surface area contributed by atoms with Crippen LogP contribution >= 0.6 is 0 Å². The molecule has 2 aromatic rings. The Morgan fingerprint density at radius 2 is 1.85 bits per heavy atom. The molecular formula is C16H22N4. The van der Waals surface area contributed by atoms with Gasteiger partial charge in [-0.15, -0.1) is 0 Å². The van der Waals surface area contributed by atoms with Crippen molar-refractivity contribution >= 4 is 0 Å². The molecule has 0 atom stereocenters. The van der Waals surface area contributed by atoms with E-state index in [4.69, 9.17) is 5.73 Å². The Labute approximate surface area is 120 Å². The van der Waals surface area contributed by atoms with E-state index in [0.717, 1.165) is 23.1 Å². The third kappa shape index (κ3) is 2.61. The molecule has 0 spiro atoms. The molecule has 0 aliphatic heterocycles. The lowest BCUT2D eigenvalue weighted by Gasteiger charge is -2.21. The van der Waals surface area contributed by atoms with Gasteiger partial charge in [0.2, 0.25) is 0 Å². The monoisotopic (exact) mass is 270 g/mol. The summed E-state index contributed by atoms with van der Waals surface area (Å²) in [4.78, 5) is 4.47. The molecule has 1 saturated carbocycles. The second-order valence-corrected chi connectivity index (χ2v) is 5.64. The molecule has 1 aliphatic carbocycles. The predicted octanol–water partition coefficient (Wildman–Crippen LogP) is 2.99. The topological polar surface area (TPSA) is 56.7 Å². The predicted molar refractivity (Wildman–Crippen MR) is 80.2 cm³/mol. The molecule has 0 radical (unpaired) electrons. The first-order valence-electron chi connectivity index (χ1n) is 7.48. The molecule has 1 aromatic carbocycles. The highest BCUT2D eigenvalue weighted by atomic mass is 15.3. The summed E-state index contributed by atoms with van der Waals surface area (Å²) in [6, 6.07) is 8.76. The van der Waals surface area contributed by atoms with Crippen molar-refractivity contribution in [1.29, 1.82) is 0 Å². The van der Waals surface area contributed by atoms with Crippen molar-refractivity contribution < 1.29 is 0 Å². The lowest BCUT2D eigenvalue weighted by molar-refractivity contribution is 0.443. The summed E-state index contributed by atoms with van der Waals surface area (Å²) in [6.45, 7) is 0.420. The third-order valence-corrected chi connectivity index (χ3v) is 4.28. The number of benzene rings is 1. The van der Waals surface area contributed by atoms with E-state index in [1.807, 2.05) is 7.05 Å². The molecule has 1 aromatic heterocycles. The number of aromatic nitrogens is 3. The fourth-order valence-electron chi connectivity index (χ4n) is 3.06. The Balaban J connectivity index is 1.81. The smallest absolute Gasteiger partial charge is 0.181 e. The van der Waals surface area contributed by atoms with Crippen LogP contribution in [-0.2, 0) is 13.6 Å². The SMILES string of the molecule is Cn1nc(-c2ccc(C3CCCCC3)cc2)nc1CN. The van der Waals surface area contributed by atoms with Crippen LogP contribution in [0.2, 0.25) is 0 Å². The van der Waals surface area contributed by atoms with Crippen LogP contribution in [0.4, 0.5) is 0 Å². The Morgan fingerprint density at radius 3 is 2.45 bits per heavy atom. The molecular weight excluding hydrogens is 248 g/mol. The summed E-state index contributed by atoms with van der Waals surface area (Å²) >= 11 is 0. The van der Waals surface area contributed by atoms with Gasteiger partial charge >= 0.3 is 0 Å². The number of nitrogens with two attached hydrogens (primary N) is 1. The van der Waals surface area contributed by atoms with Gasteiger partial charge in [0.15, 0.2) is 5.82 Å². The van der Waals surface area contributed by atoms with E-state index in [0.29, 0.717) is 6.54 Å². The first kappa shape index (κ1) is 13.3. The molecule has 106 valence electrons. The average Bonchev–Trinajstić information content (AvgIpc) is 2.89. The molecule has 1 heterocycles. The zero-order chi connectivity index (χ0) is 13.9. The molecule has 20 heavy (non-hydrogen) atoms. The maximum atomic E-state index is 5.64. The first-order chi connectivity index (χ1) is 9.78. The molecule has 1 aliphatic rings. The van der Waals surface area contributed by atoms with E-state index in [1.165, 1.54) is 37.7 Å². The highest BCUT2D eigenvalue weighted by Gasteiger charge is 2.15. The van der Waals surface area contributed by atoms with Crippen LogP contribution in [0.1, 0.15) is 49.4 Å². The van der Waals surface area contributed by atoms with Gasteiger partial charge in [-0.2, -0.15) is 5.10 Å². The van der Waals surface area contributed by atoms with E-state index >= 15 is 0 Å². The summed E-state index contributed by atoms with van der Waals surface area (Å²) in [5, 5.41) is 4.42. The number of aryl methyl sites for hydroxylation is 1. The van der Waals surface area contributed by atoms with Gasteiger partial charge < -0.3 is 5.73 Å². The normalized spacial score (nSPS) is 16.5. The molecule has 2 N–H and O–H groups in total. The lowest BCUT2D eigenvalue weighted by atomic mass is 9.84. The van der Waals surface area contributed by atoms with Gasteiger partial charge in [-0.1, -0.05) is 43.5 Å². The minimum Gasteiger partial charge on any atom is -0.324 e. The number of hydrogen-bond donors (Lipinski definition) is 1. The van der Waals surface area contributed by atoms with Crippen molar-refractivity contribution in [2.75, 3.05) is 0 Å². The van der Waals surface area contributed by atoms with Crippen molar-refractivity contribution in [1.82, 2.24) is 14.8 Å². The molecule has 4 heteroatoms. The quantitative estimate of drug-likeness (QED) is 0.932. The lowest BCUT2D eigenvalue weighted by Crippen LogP contribution is -2.05. The second-order valence-electron chi connectivity index (χ2n) is 5.64. The second kappa shape index (κ2) is 5.75. The number of rotatable bonds is 3. The van der Waals surface area contributed by atoms with Crippen molar-refractivity contribution in [3.63, 3.8) is 0 Å². The molecule has 0 unspecified atom stereocenters. The molecule has 3 rings (SSSR count). The zero-order valence-corrected chi connectivity index (χ0v) is 12.0. The molecule has 0 bridgehead atoms. The minimum atomic E-state index is 0.420. The van der Waals surface area contributed by atoms with Crippen molar-refractivity contribution in [3.8, 4) is 11.4 Å². The van der Waals surface area contributed by atoms with Crippen LogP contribution in [0.5, 0.6) is 0 Å². The van der Waals surface area contributed by atoms with Gasteiger partial charge in [0.05, 0.1) is 6.54 Å². The van der Waals surface area contributed by atoms with E-state index in [1.54, 1.807) is 4.68 Å².